The van der Waals surface area contributed by atoms with Gasteiger partial charge in [-0.3, -0.25) is 0 Å². The van der Waals surface area contributed by atoms with E-state index >= 15 is 0 Å². The number of thiol groups is 1. The fraction of sp³-hybridized carbons (Fsp3) is 1.00. The lowest BCUT2D eigenvalue weighted by molar-refractivity contribution is 0.615. The van der Waals surface area contributed by atoms with Crippen molar-refractivity contribution in [3.63, 3.8) is 0 Å². The maximum Gasteiger partial charge on any atom is 0.139 e. The van der Waals surface area contributed by atoms with E-state index in [1.165, 1.54) is 0 Å². The average molecular weight is 112 g/mol. The minimum Gasteiger partial charge on any atom is -0.412 e. The molecule has 0 saturated heterocycles. The van der Waals surface area contributed by atoms with E-state index in [4.69, 9.17) is 0 Å². The van der Waals surface area contributed by atoms with Gasteiger partial charge in [-0.15, -0.1) is 0 Å². The van der Waals surface area contributed by atoms with Crippen LogP contribution in [0.25, 0.3) is 0 Å². The third-order valence-corrected chi connectivity index (χ3v) is 0.775. The lowest BCUT2D eigenvalue weighted by atomic mass is 11.0. The summed E-state index contributed by atoms with van der Waals surface area (Å²) in [7, 11) is -2.10. The normalized spacial score (nSPS) is 7.67. The molecule has 3 nitrogen and oxygen atoms in total. The summed E-state index contributed by atoms with van der Waals surface area (Å²) in [5.41, 5.74) is 0. The molecule has 0 radical (unpaired) electrons. The Hall–Kier alpha value is -0.0900. The van der Waals surface area contributed by atoms with Crippen LogP contribution in [0.2, 0.25) is 0 Å². The van der Waals surface area contributed by atoms with Crippen molar-refractivity contribution in [3.05, 3.63) is 0 Å². The molecular formula is C2H8O3S. The highest BCUT2D eigenvalue weighted by Gasteiger charge is 1.65. The SMILES string of the molecule is CC[SH](=O)=O.O. The first-order valence-electron chi connectivity index (χ1n) is 1.39. The van der Waals surface area contributed by atoms with Crippen molar-refractivity contribution in [2.75, 3.05) is 5.75 Å². The predicted molar refractivity (Wildman–Crippen MR) is 24.5 cm³/mol. The molecule has 0 aromatic heterocycles. The quantitative estimate of drug-likeness (QED) is 0.433. The van der Waals surface area contributed by atoms with Crippen LogP contribution in [-0.2, 0) is 10.7 Å². The molecule has 0 heterocycles. The molecule has 0 aliphatic heterocycles. The molecule has 2 N–H and O–H groups in total. The Kier molecular flexibility index (Phi) is 7.63. The first kappa shape index (κ1) is 9.32. The van der Waals surface area contributed by atoms with Crippen molar-refractivity contribution in [2.24, 2.45) is 0 Å². The third-order valence-electron chi connectivity index (χ3n) is 0.258. The van der Waals surface area contributed by atoms with Gasteiger partial charge in [0, 0.05) is 5.75 Å². The zero-order valence-electron chi connectivity index (χ0n) is 3.47. The van der Waals surface area contributed by atoms with Crippen LogP contribution >= 0.6 is 0 Å². The van der Waals surface area contributed by atoms with Gasteiger partial charge in [-0.05, 0) is 0 Å². The molecular weight excluding hydrogens is 104 g/mol. The molecule has 0 amide bonds. The van der Waals surface area contributed by atoms with Crippen LogP contribution in [0.15, 0.2) is 0 Å². The summed E-state index contributed by atoms with van der Waals surface area (Å²) in [6.45, 7) is 1.60. The van der Waals surface area contributed by atoms with Gasteiger partial charge >= 0.3 is 0 Å². The second kappa shape index (κ2) is 4.91. The second-order valence-corrected chi connectivity index (χ2v) is 1.95. The molecule has 0 atom stereocenters. The zero-order chi connectivity index (χ0) is 4.28. The van der Waals surface area contributed by atoms with Crippen LogP contribution in [0.4, 0.5) is 0 Å². The van der Waals surface area contributed by atoms with Crippen LogP contribution in [0.3, 0.4) is 0 Å². The predicted octanol–water partition coefficient (Wildman–Crippen LogP) is -1.21. The van der Waals surface area contributed by atoms with Gasteiger partial charge in [0.25, 0.3) is 0 Å². The highest BCUT2D eigenvalue weighted by molar-refractivity contribution is 7.72. The fourth-order valence-electron chi connectivity index (χ4n) is 0. The highest BCUT2D eigenvalue weighted by atomic mass is 32.2. The first-order chi connectivity index (χ1) is 2.27. The van der Waals surface area contributed by atoms with Crippen molar-refractivity contribution in [1.29, 1.82) is 0 Å². The Morgan fingerprint density at radius 1 is 1.50 bits per heavy atom. The Balaban J connectivity index is 0. The van der Waals surface area contributed by atoms with E-state index in [0.29, 0.717) is 0 Å². The fourth-order valence-corrected chi connectivity index (χ4v) is 0. The molecule has 0 bridgehead atoms. The average Bonchev–Trinajstić information content (AvgIpc) is 1.38. The topological polar surface area (TPSA) is 65.6 Å². The van der Waals surface area contributed by atoms with E-state index in [9.17, 15) is 8.42 Å². The summed E-state index contributed by atoms with van der Waals surface area (Å²) in [5, 5.41) is 0. The molecule has 0 fully saturated rings. The minimum absolute atomic E-state index is 0. The lowest BCUT2D eigenvalue weighted by Gasteiger charge is -1.60. The summed E-state index contributed by atoms with van der Waals surface area (Å²) in [4.78, 5) is 0. The summed E-state index contributed by atoms with van der Waals surface area (Å²) < 4.78 is 18.8. The maximum atomic E-state index is 9.41. The van der Waals surface area contributed by atoms with Gasteiger partial charge in [-0.25, -0.2) is 8.42 Å². The lowest BCUT2D eigenvalue weighted by Crippen LogP contribution is -1.73. The minimum atomic E-state index is -2.10. The molecule has 0 aromatic rings. The second-order valence-electron chi connectivity index (χ2n) is 0.649. The van der Waals surface area contributed by atoms with Crippen molar-refractivity contribution in [2.45, 2.75) is 6.92 Å². The van der Waals surface area contributed by atoms with Crippen LogP contribution < -0.4 is 0 Å². The van der Waals surface area contributed by atoms with Gasteiger partial charge in [0.05, 0.1) is 0 Å². The largest absolute Gasteiger partial charge is 0.412 e. The molecule has 0 aliphatic rings. The van der Waals surface area contributed by atoms with E-state index in [1.807, 2.05) is 0 Å². The Morgan fingerprint density at radius 2 is 1.67 bits per heavy atom. The van der Waals surface area contributed by atoms with Gasteiger partial charge < -0.3 is 5.48 Å². The molecule has 0 unspecified atom stereocenters. The van der Waals surface area contributed by atoms with E-state index in [0.717, 1.165) is 0 Å². The highest BCUT2D eigenvalue weighted by Crippen LogP contribution is 1.53. The molecule has 0 rings (SSSR count). The standard InChI is InChI=1S/C2H6O2S.H2O/c1-2-5(3)4;/h5H,2H2,1H3;1H2. The van der Waals surface area contributed by atoms with Crippen molar-refractivity contribution in [1.82, 2.24) is 0 Å². The Morgan fingerprint density at radius 3 is 1.67 bits per heavy atom. The van der Waals surface area contributed by atoms with Gasteiger partial charge in [0.2, 0.25) is 0 Å². The van der Waals surface area contributed by atoms with Gasteiger partial charge in [-0.1, -0.05) is 6.92 Å². The maximum absolute atomic E-state index is 9.41. The summed E-state index contributed by atoms with van der Waals surface area (Å²) in [6.07, 6.45) is 0. The Labute approximate surface area is 38.2 Å². The molecule has 0 saturated carbocycles. The molecule has 40 valence electrons. The van der Waals surface area contributed by atoms with Crippen LogP contribution in [-0.4, -0.2) is 19.6 Å². The molecule has 6 heavy (non-hydrogen) atoms. The smallest absolute Gasteiger partial charge is 0.139 e. The van der Waals surface area contributed by atoms with Gasteiger partial charge in [0.1, 0.15) is 10.7 Å². The monoisotopic (exact) mass is 112 g/mol. The molecule has 0 aliphatic carbocycles. The first-order valence-corrected chi connectivity index (χ1v) is 2.75. The number of hydrogen-bond donors (Lipinski definition) is 1. The van der Waals surface area contributed by atoms with Crippen LogP contribution in [0, 0.1) is 0 Å². The van der Waals surface area contributed by atoms with Crippen molar-refractivity contribution >= 4 is 10.7 Å². The Bertz CT molecular complexity index is 66.9. The van der Waals surface area contributed by atoms with Gasteiger partial charge in [-0.2, -0.15) is 0 Å². The van der Waals surface area contributed by atoms with Crippen LogP contribution in [0.5, 0.6) is 0 Å². The van der Waals surface area contributed by atoms with E-state index in [1.54, 1.807) is 6.92 Å². The molecule has 0 aromatic carbocycles. The van der Waals surface area contributed by atoms with Crippen LogP contribution in [0.1, 0.15) is 6.92 Å². The third kappa shape index (κ3) is 9.08. The van der Waals surface area contributed by atoms with E-state index in [2.05, 4.69) is 0 Å². The summed E-state index contributed by atoms with van der Waals surface area (Å²) in [6, 6.07) is 0. The molecule has 0 spiro atoms. The van der Waals surface area contributed by atoms with Gasteiger partial charge in [0.15, 0.2) is 0 Å². The summed E-state index contributed by atoms with van der Waals surface area (Å²) >= 11 is 0. The van der Waals surface area contributed by atoms with Crippen molar-refractivity contribution < 1.29 is 13.9 Å². The van der Waals surface area contributed by atoms with E-state index < -0.39 is 10.7 Å². The summed E-state index contributed by atoms with van der Waals surface area (Å²) in [5.74, 6) is 0.259. The van der Waals surface area contributed by atoms with Crippen molar-refractivity contribution in [3.8, 4) is 0 Å². The number of hydrogen-bond acceptors (Lipinski definition) is 2. The number of rotatable bonds is 1. The van der Waals surface area contributed by atoms with E-state index in [-0.39, 0.29) is 11.2 Å². The zero-order valence-corrected chi connectivity index (χ0v) is 4.37. The molecule has 4 heteroatoms.